The number of halogens is 1. The number of carbonyl (C=O) groups is 2. The van der Waals surface area contributed by atoms with E-state index >= 15 is 0 Å². The lowest BCUT2D eigenvalue weighted by Crippen LogP contribution is -2.40. The van der Waals surface area contributed by atoms with E-state index in [1.807, 2.05) is 37.3 Å². The van der Waals surface area contributed by atoms with Crippen molar-refractivity contribution >= 4 is 35.0 Å². The van der Waals surface area contributed by atoms with Gasteiger partial charge in [0.15, 0.2) is 22.9 Å². The van der Waals surface area contributed by atoms with Gasteiger partial charge in [0.1, 0.15) is 5.82 Å². The second kappa shape index (κ2) is 14.2. The molecule has 11 heteroatoms. The summed E-state index contributed by atoms with van der Waals surface area (Å²) in [6.45, 7) is 5.66. The molecule has 1 aliphatic rings. The highest BCUT2D eigenvalue weighted by molar-refractivity contribution is 7.07. The standard InChI is InChI=1S/C34H31FN2O7S/c1-4-41-26-18-21(12-17-25(26)44-20-28(38)42-5-2)19-27-32(39)37-31(23-13-15-24(35)16-14-23)29(33(40)43-6-3)30(36-34(37)45-27)22-10-8-7-9-11-22/h7-19,31H,4-6,20H2,1-3H3/b27-19+. The van der Waals surface area contributed by atoms with E-state index in [2.05, 4.69) is 0 Å². The molecule has 1 atom stereocenters. The lowest BCUT2D eigenvalue weighted by atomic mass is 9.93. The number of ether oxygens (including phenoxy) is 4. The summed E-state index contributed by atoms with van der Waals surface area (Å²) in [6.07, 6.45) is 1.69. The van der Waals surface area contributed by atoms with Crippen molar-refractivity contribution in [3.05, 3.63) is 121 Å². The van der Waals surface area contributed by atoms with Gasteiger partial charge >= 0.3 is 11.9 Å². The van der Waals surface area contributed by atoms with E-state index in [9.17, 15) is 18.8 Å². The number of thiazole rings is 1. The Kier molecular flexibility index (Phi) is 9.89. The fourth-order valence-electron chi connectivity index (χ4n) is 4.89. The van der Waals surface area contributed by atoms with Gasteiger partial charge in [0.2, 0.25) is 0 Å². The van der Waals surface area contributed by atoms with Crippen LogP contribution in [0.3, 0.4) is 0 Å². The first-order chi connectivity index (χ1) is 21.8. The lowest BCUT2D eigenvalue weighted by molar-refractivity contribution is -0.145. The molecule has 0 fully saturated rings. The molecule has 0 spiro atoms. The molecule has 9 nitrogen and oxygen atoms in total. The van der Waals surface area contributed by atoms with Crippen LogP contribution in [0.2, 0.25) is 0 Å². The molecule has 0 saturated heterocycles. The zero-order valence-corrected chi connectivity index (χ0v) is 25.8. The van der Waals surface area contributed by atoms with E-state index in [4.69, 9.17) is 23.9 Å². The monoisotopic (exact) mass is 630 g/mol. The average molecular weight is 631 g/mol. The summed E-state index contributed by atoms with van der Waals surface area (Å²) in [5.74, 6) is -0.827. The van der Waals surface area contributed by atoms with E-state index in [0.29, 0.717) is 49.8 Å². The van der Waals surface area contributed by atoms with Crippen LogP contribution in [0.1, 0.15) is 43.5 Å². The molecular weight excluding hydrogens is 599 g/mol. The molecule has 5 rings (SSSR count). The first kappa shape index (κ1) is 31.4. The Morgan fingerprint density at radius 3 is 2.33 bits per heavy atom. The van der Waals surface area contributed by atoms with Crippen LogP contribution in [0.25, 0.3) is 11.8 Å². The van der Waals surface area contributed by atoms with Crippen molar-refractivity contribution in [2.75, 3.05) is 26.4 Å². The quantitative estimate of drug-likeness (QED) is 0.226. The van der Waals surface area contributed by atoms with Gasteiger partial charge in [-0.1, -0.05) is 59.9 Å². The van der Waals surface area contributed by atoms with Gasteiger partial charge in [0, 0.05) is 5.56 Å². The summed E-state index contributed by atoms with van der Waals surface area (Å²) in [5, 5.41) is 0. The van der Waals surface area contributed by atoms with E-state index in [1.54, 1.807) is 50.3 Å². The molecule has 0 amide bonds. The van der Waals surface area contributed by atoms with E-state index in [1.165, 1.54) is 16.7 Å². The Balaban J connectivity index is 1.67. The number of fused-ring (bicyclic) bond motifs is 1. The summed E-state index contributed by atoms with van der Waals surface area (Å²) >= 11 is 1.16. The Bertz CT molecular complexity index is 1910. The van der Waals surface area contributed by atoms with Crippen molar-refractivity contribution in [1.29, 1.82) is 0 Å². The third kappa shape index (κ3) is 6.88. The Morgan fingerprint density at radius 2 is 1.64 bits per heavy atom. The third-order valence-electron chi connectivity index (χ3n) is 6.78. The molecule has 45 heavy (non-hydrogen) atoms. The van der Waals surface area contributed by atoms with Crippen LogP contribution >= 0.6 is 11.3 Å². The minimum Gasteiger partial charge on any atom is -0.490 e. The minimum atomic E-state index is -0.920. The molecule has 2 heterocycles. The highest BCUT2D eigenvalue weighted by Crippen LogP contribution is 2.35. The maximum Gasteiger partial charge on any atom is 0.344 e. The largest absolute Gasteiger partial charge is 0.490 e. The number of benzene rings is 3. The third-order valence-corrected chi connectivity index (χ3v) is 7.76. The number of nitrogens with zero attached hydrogens (tertiary/aromatic N) is 2. The summed E-state index contributed by atoms with van der Waals surface area (Å²) in [7, 11) is 0. The molecule has 1 unspecified atom stereocenters. The van der Waals surface area contributed by atoms with Crippen LogP contribution in [0.5, 0.6) is 11.5 Å². The van der Waals surface area contributed by atoms with E-state index < -0.39 is 23.8 Å². The van der Waals surface area contributed by atoms with Gasteiger partial charge in [-0.05, 0) is 62.2 Å². The second-order valence-corrected chi connectivity index (χ2v) is 10.7. The van der Waals surface area contributed by atoms with Crippen LogP contribution in [0.4, 0.5) is 4.39 Å². The van der Waals surface area contributed by atoms with Crippen molar-refractivity contribution in [2.45, 2.75) is 26.8 Å². The zero-order valence-electron chi connectivity index (χ0n) is 24.9. The Hall–Kier alpha value is -5.03. The molecule has 1 aliphatic heterocycles. The normalized spacial score (nSPS) is 14.4. The van der Waals surface area contributed by atoms with Crippen LogP contribution in [-0.2, 0) is 19.1 Å². The summed E-state index contributed by atoms with van der Waals surface area (Å²) in [4.78, 5) is 44.6. The van der Waals surface area contributed by atoms with E-state index in [0.717, 1.165) is 11.3 Å². The predicted molar refractivity (Wildman–Crippen MR) is 167 cm³/mol. The predicted octanol–water partition coefficient (Wildman–Crippen LogP) is 4.42. The van der Waals surface area contributed by atoms with Crippen molar-refractivity contribution in [3.63, 3.8) is 0 Å². The zero-order chi connectivity index (χ0) is 31.9. The van der Waals surface area contributed by atoms with Gasteiger partial charge in [0.25, 0.3) is 5.56 Å². The van der Waals surface area contributed by atoms with Gasteiger partial charge in [-0.3, -0.25) is 9.36 Å². The lowest BCUT2D eigenvalue weighted by Gasteiger charge is -2.25. The van der Waals surface area contributed by atoms with Gasteiger partial charge in [-0.25, -0.2) is 19.0 Å². The molecular formula is C34H31FN2O7S. The molecule has 4 aromatic rings. The first-order valence-corrected chi connectivity index (χ1v) is 15.2. The molecule has 0 saturated carbocycles. The highest BCUT2D eigenvalue weighted by atomic mass is 32.1. The van der Waals surface area contributed by atoms with Crippen molar-refractivity contribution in [3.8, 4) is 11.5 Å². The van der Waals surface area contributed by atoms with Gasteiger partial charge in [0.05, 0.1) is 41.7 Å². The number of rotatable bonds is 11. The number of carbonyl (C=O) groups excluding carboxylic acids is 2. The van der Waals surface area contributed by atoms with Crippen molar-refractivity contribution in [1.82, 2.24) is 4.57 Å². The fraction of sp³-hybridized carbons (Fsp3) is 0.235. The Labute approximate surface area is 262 Å². The fourth-order valence-corrected chi connectivity index (χ4v) is 5.89. The van der Waals surface area contributed by atoms with Crippen LogP contribution in [0.15, 0.2) is 88.2 Å². The SMILES string of the molecule is CCOC(=O)COc1ccc(/C=c2/sc3n(c2=O)C(c2ccc(F)cc2)C(C(=O)OCC)=C(c2ccccc2)N=3)cc1OCC. The van der Waals surface area contributed by atoms with Crippen molar-refractivity contribution in [2.24, 2.45) is 4.99 Å². The average Bonchev–Trinajstić information content (AvgIpc) is 3.35. The number of aromatic nitrogens is 1. The summed E-state index contributed by atoms with van der Waals surface area (Å²) in [6, 6.07) is 19.0. The first-order valence-electron chi connectivity index (χ1n) is 14.4. The molecule has 1 aromatic heterocycles. The van der Waals surface area contributed by atoms with Crippen LogP contribution in [0, 0.1) is 5.82 Å². The molecule has 232 valence electrons. The van der Waals surface area contributed by atoms with Crippen molar-refractivity contribution < 1.29 is 32.9 Å². The second-order valence-electron chi connectivity index (χ2n) is 9.72. The Morgan fingerprint density at radius 1 is 0.911 bits per heavy atom. The molecule has 0 bridgehead atoms. The molecule has 0 N–H and O–H groups in total. The van der Waals surface area contributed by atoms with Gasteiger partial charge in [-0.2, -0.15) is 0 Å². The van der Waals surface area contributed by atoms with Gasteiger partial charge < -0.3 is 18.9 Å². The minimum absolute atomic E-state index is 0.118. The van der Waals surface area contributed by atoms with E-state index in [-0.39, 0.29) is 31.0 Å². The smallest absolute Gasteiger partial charge is 0.344 e. The van der Waals surface area contributed by atoms with Crippen LogP contribution in [-0.4, -0.2) is 42.9 Å². The molecule has 0 radical (unpaired) electrons. The maximum atomic E-state index is 14.1. The maximum absolute atomic E-state index is 14.1. The topological polar surface area (TPSA) is 105 Å². The summed E-state index contributed by atoms with van der Waals surface area (Å²) < 4.78 is 37.5. The van der Waals surface area contributed by atoms with Crippen LogP contribution < -0.4 is 24.4 Å². The molecule has 0 aliphatic carbocycles. The van der Waals surface area contributed by atoms with Gasteiger partial charge in [-0.15, -0.1) is 0 Å². The summed E-state index contributed by atoms with van der Waals surface area (Å²) in [5.41, 5.74) is 2.00. The highest BCUT2D eigenvalue weighted by Gasteiger charge is 2.35. The number of hydrogen-bond donors (Lipinski definition) is 0. The number of esters is 2. The molecule has 3 aromatic carbocycles. The number of hydrogen-bond acceptors (Lipinski definition) is 9.